The van der Waals surface area contributed by atoms with Gasteiger partial charge in [-0.2, -0.15) is 10.2 Å². The molecule has 8 heteroatoms. The Balaban J connectivity index is 1.56. The van der Waals surface area contributed by atoms with Gasteiger partial charge in [-0.25, -0.2) is 0 Å². The number of pyridine rings is 1. The molecule has 32 heavy (non-hydrogen) atoms. The summed E-state index contributed by atoms with van der Waals surface area (Å²) in [5, 5.41) is 13.8. The van der Waals surface area contributed by atoms with Crippen LogP contribution in [0.25, 0.3) is 33.2 Å². The Hall–Kier alpha value is -2.90. The van der Waals surface area contributed by atoms with E-state index in [1.165, 1.54) is 19.3 Å². The van der Waals surface area contributed by atoms with Crippen molar-refractivity contribution in [1.29, 1.82) is 0 Å². The van der Waals surface area contributed by atoms with Crippen molar-refractivity contribution in [2.24, 2.45) is 14.1 Å². The maximum Gasteiger partial charge on any atom is 0.138 e. The highest BCUT2D eigenvalue weighted by molar-refractivity contribution is 6.34. The van der Waals surface area contributed by atoms with E-state index in [0.717, 1.165) is 51.9 Å². The van der Waals surface area contributed by atoms with Crippen molar-refractivity contribution in [2.45, 2.75) is 31.7 Å². The van der Waals surface area contributed by atoms with Crippen LogP contribution in [0, 0.1) is 0 Å². The van der Waals surface area contributed by atoms with Crippen molar-refractivity contribution in [3.8, 4) is 28.0 Å². The van der Waals surface area contributed by atoms with Crippen molar-refractivity contribution in [3.05, 3.63) is 48.1 Å². The molecule has 0 unspecified atom stereocenters. The summed E-state index contributed by atoms with van der Waals surface area (Å²) >= 11 is 6.63. The number of ether oxygens (including phenoxy) is 1. The number of nitrogens with one attached hydrogen (secondary N) is 1. The molecule has 0 bridgehead atoms. The highest BCUT2D eigenvalue weighted by atomic mass is 35.5. The average Bonchev–Trinajstić information content (AvgIpc) is 3.42. The minimum Gasteiger partial charge on any atom is -0.492 e. The number of hydrogen-bond donors (Lipinski definition) is 1. The molecule has 3 aromatic heterocycles. The van der Waals surface area contributed by atoms with Crippen molar-refractivity contribution < 1.29 is 4.74 Å². The van der Waals surface area contributed by atoms with Crippen LogP contribution in [0.2, 0.25) is 5.02 Å². The summed E-state index contributed by atoms with van der Waals surface area (Å²) in [5.74, 6) is 0.820. The molecule has 0 radical (unpaired) electrons. The van der Waals surface area contributed by atoms with Crippen LogP contribution >= 0.6 is 11.6 Å². The number of hydrogen-bond acceptors (Lipinski definition) is 5. The third-order valence-electron chi connectivity index (χ3n) is 6.06. The van der Waals surface area contributed by atoms with Gasteiger partial charge in [0, 0.05) is 66.4 Å². The van der Waals surface area contributed by atoms with Crippen molar-refractivity contribution in [2.75, 3.05) is 13.2 Å². The van der Waals surface area contributed by atoms with Gasteiger partial charge in [-0.05, 0) is 37.9 Å². The number of aryl methyl sites for hydroxylation is 2. The molecule has 4 heterocycles. The van der Waals surface area contributed by atoms with Crippen LogP contribution in [0.3, 0.4) is 0 Å². The molecule has 1 saturated heterocycles. The monoisotopic (exact) mass is 450 g/mol. The molecular weight excluding hydrogens is 424 g/mol. The predicted octanol–water partition coefficient (Wildman–Crippen LogP) is 4.60. The zero-order valence-electron chi connectivity index (χ0n) is 18.4. The Morgan fingerprint density at radius 2 is 1.78 bits per heavy atom. The lowest BCUT2D eigenvalue weighted by atomic mass is 10.0. The minimum absolute atomic E-state index is 0.513. The molecule has 166 valence electrons. The third-order valence-corrected chi connectivity index (χ3v) is 6.38. The van der Waals surface area contributed by atoms with Gasteiger partial charge in [0.1, 0.15) is 5.75 Å². The molecule has 1 N–H and O–H groups in total. The Morgan fingerprint density at radius 1 is 1.03 bits per heavy atom. The fraction of sp³-hybridized carbons (Fsp3) is 0.375. The highest BCUT2D eigenvalue weighted by Gasteiger charge is 2.18. The van der Waals surface area contributed by atoms with Crippen LogP contribution in [0.5, 0.6) is 5.75 Å². The van der Waals surface area contributed by atoms with E-state index < -0.39 is 0 Å². The topological polar surface area (TPSA) is 69.8 Å². The normalized spacial score (nSPS) is 16.5. The number of nitrogens with zero attached hydrogens (tertiary/aromatic N) is 5. The minimum atomic E-state index is 0.513. The zero-order valence-corrected chi connectivity index (χ0v) is 19.1. The first-order valence-electron chi connectivity index (χ1n) is 11.0. The quantitative estimate of drug-likeness (QED) is 0.465. The van der Waals surface area contributed by atoms with Crippen LogP contribution in [0.15, 0.2) is 43.1 Å². The maximum absolute atomic E-state index is 6.63. The number of halogens is 1. The Bertz CT molecular complexity index is 1240. The smallest absolute Gasteiger partial charge is 0.138 e. The van der Waals surface area contributed by atoms with Crippen LogP contribution in [-0.2, 0) is 14.1 Å². The van der Waals surface area contributed by atoms with Gasteiger partial charge in [-0.15, -0.1) is 0 Å². The Kier molecular flexibility index (Phi) is 5.85. The number of aromatic nitrogens is 5. The summed E-state index contributed by atoms with van der Waals surface area (Å²) in [5.41, 5.74) is 4.59. The summed E-state index contributed by atoms with van der Waals surface area (Å²) in [6.07, 6.45) is 14.2. The van der Waals surface area contributed by atoms with E-state index in [9.17, 15) is 0 Å². The molecule has 1 aliphatic heterocycles. The zero-order chi connectivity index (χ0) is 22.1. The molecule has 0 aliphatic carbocycles. The molecule has 4 aromatic rings. The van der Waals surface area contributed by atoms with E-state index in [0.29, 0.717) is 17.7 Å². The molecule has 1 atom stereocenters. The molecule has 1 aliphatic rings. The Morgan fingerprint density at radius 3 is 2.44 bits per heavy atom. The summed E-state index contributed by atoms with van der Waals surface area (Å²) in [4.78, 5) is 4.69. The first-order chi connectivity index (χ1) is 15.6. The van der Waals surface area contributed by atoms with E-state index in [1.807, 2.05) is 51.1 Å². The van der Waals surface area contributed by atoms with Gasteiger partial charge < -0.3 is 10.1 Å². The second-order valence-corrected chi connectivity index (χ2v) is 8.85. The van der Waals surface area contributed by atoms with Gasteiger partial charge in [0.15, 0.2) is 0 Å². The summed E-state index contributed by atoms with van der Waals surface area (Å²) in [6.45, 7) is 1.73. The largest absolute Gasteiger partial charge is 0.492 e. The second-order valence-electron chi connectivity index (χ2n) is 8.44. The second kappa shape index (κ2) is 8.92. The SMILES string of the molecule is Cn1cc(-c2cc3c(OCC[C@H]4CCCCN4)c(-c4cnn(C)c4)cnc3cc2Cl)cn1. The van der Waals surface area contributed by atoms with Gasteiger partial charge in [0.25, 0.3) is 0 Å². The molecule has 5 rings (SSSR count). The number of piperidine rings is 1. The third kappa shape index (κ3) is 4.23. The molecule has 0 saturated carbocycles. The predicted molar refractivity (Wildman–Crippen MR) is 127 cm³/mol. The highest BCUT2D eigenvalue weighted by Crippen LogP contribution is 2.40. The fourth-order valence-electron chi connectivity index (χ4n) is 4.37. The van der Waals surface area contributed by atoms with Crippen LogP contribution < -0.4 is 10.1 Å². The Labute approximate surface area is 192 Å². The van der Waals surface area contributed by atoms with E-state index in [2.05, 4.69) is 21.6 Å². The first kappa shape index (κ1) is 21.0. The number of fused-ring (bicyclic) bond motifs is 1. The van der Waals surface area contributed by atoms with Crippen LogP contribution in [0.4, 0.5) is 0 Å². The number of benzene rings is 1. The molecule has 0 spiro atoms. The molecule has 7 nitrogen and oxygen atoms in total. The molecule has 1 aromatic carbocycles. The lowest BCUT2D eigenvalue weighted by Crippen LogP contribution is -2.35. The van der Waals surface area contributed by atoms with Crippen molar-refractivity contribution in [3.63, 3.8) is 0 Å². The van der Waals surface area contributed by atoms with E-state index in [1.54, 1.807) is 9.36 Å². The summed E-state index contributed by atoms with van der Waals surface area (Å²) in [6, 6.07) is 4.48. The van der Waals surface area contributed by atoms with Crippen molar-refractivity contribution >= 4 is 22.5 Å². The lowest BCUT2D eigenvalue weighted by molar-refractivity contribution is 0.271. The van der Waals surface area contributed by atoms with E-state index in [-0.39, 0.29) is 0 Å². The molecular formula is C24H27ClN6O. The van der Waals surface area contributed by atoms with Gasteiger partial charge in [0.05, 0.1) is 29.5 Å². The van der Waals surface area contributed by atoms with Gasteiger partial charge in [-0.1, -0.05) is 18.0 Å². The lowest BCUT2D eigenvalue weighted by Gasteiger charge is -2.23. The van der Waals surface area contributed by atoms with Gasteiger partial charge in [0.2, 0.25) is 0 Å². The first-order valence-corrected chi connectivity index (χ1v) is 11.4. The fourth-order valence-corrected chi connectivity index (χ4v) is 4.63. The maximum atomic E-state index is 6.63. The number of rotatable bonds is 6. The molecule has 1 fully saturated rings. The standard InChI is InChI=1S/C24H27ClN6O/c1-30-14-16(11-28-30)19-9-20-23(10-22(19)25)27-13-21(17-12-29-31(2)15-17)24(20)32-8-6-18-5-3-4-7-26-18/h9-15,18,26H,3-8H2,1-2H3/t18-/m1/s1. The van der Waals surface area contributed by atoms with Crippen LogP contribution in [0.1, 0.15) is 25.7 Å². The average molecular weight is 451 g/mol. The summed E-state index contributed by atoms with van der Waals surface area (Å²) < 4.78 is 10.0. The van der Waals surface area contributed by atoms with Crippen molar-refractivity contribution in [1.82, 2.24) is 29.9 Å². The molecule has 0 amide bonds. The summed E-state index contributed by atoms with van der Waals surface area (Å²) in [7, 11) is 3.81. The van der Waals surface area contributed by atoms with Crippen LogP contribution in [-0.4, -0.2) is 43.7 Å². The van der Waals surface area contributed by atoms with Gasteiger partial charge in [-0.3, -0.25) is 14.3 Å². The van der Waals surface area contributed by atoms with E-state index in [4.69, 9.17) is 21.3 Å². The van der Waals surface area contributed by atoms with E-state index >= 15 is 0 Å². The van der Waals surface area contributed by atoms with Gasteiger partial charge >= 0.3 is 0 Å².